The molecule has 0 radical (unpaired) electrons. The second-order valence-corrected chi connectivity index (χ2v) is 5.76. The van der Waals surface area contributed by atoms with Crippen molar-refractivity contribution in [1.29, 1.82) is 0 Å². The molecule has 0 saturated heterocycles. The Morgan fingerprint density at radius 1 is 0.952 bits per heavy atom. The summed E-state index contributed by atoms with van der Waals surface area (Å²) in [6.45, 7) is 10.6. The first-order chi connectivity index (χ1) is 10.1. The third kappa shape index (κ3) is 4.49. The van der Waals surface area contributed by atoms with E-state index in [1.54, 1.807) is 0 Å². The SMILES string of the molecule is C=C(CC)C(Cc1ccc(C)cc1)Nc1ccc(C)cc1. The smallest absolute Gasteiger partial charge is 0.0511 e. The van der Waals surface area contributed by atoms with Crippen LogP contribution in [-0.4, -0.2) is 6.04 Å². The van der Waals surface area contributed by atoms with Crippen molar-refractivity contribution >= 4 is 5.69 Å². The Morgan fingerprint density at radius 2 is 1.48 bits per heavy atom. The highest BCUT2D eigenvalue weighted by molar-refractivity contribution is 5.47. The average Bonchev–Trinajstić information content (AvgIpc) is 2.50. The van der Waals surface area contributed by atoms with Crippen molar-refractivity contribution < 1.29 is 0 Å². The molecular formula is C20H25N. The van der Waals surface area contributed by atoms with E-state index in [9.17, 15) is 0 Å². The van der Waals surface area contributed by atoms with E-state index < -0.39 is 0 Å². The van der Waals surface area contributed by atoms with Crippen LogP contribution in [0.3, 0.4) is 0 Å². The van der Waals surface area contributed by atoms with Crippen LogP contribution >= 0.6 is 0 Å². The van der Waals surface area contributed by atoms with E-state index in [1.807, 2.05) is 0 Å². The zero-order valence-electron chi connectivity index (χ0n) is 13.3. The van der Waals surface area contributed by atoms with Gasteiger partial charge in [-0.15, -0.1) is 0 Å². The van der Waals surface area contributed by atoms with Crippen LogP contribution in [0.1, 0.15) is 30.0 Å². The van der Waals surface area contributed by atoms with Crippen LogP contribution in [0, 0.1) is 13.8 Å². The molecule has 1 nitrogen and oxygen atoms in total. The molecule has 0 heterocycles. The summed E-state index contributed by atoms with van der Waals surface area (Å²) in [6, 6.07) is 17.6. The Hall–Kier alpha value is -2.02. The minimum atomic E-state index is 0.278. The molecule has 0 spiro atoms. The van der Waals surface area contributed by atoms with Crippen LogP contribution in [0.4, 0.5) is 5.69 Å². The van der Waals surface area contributed by atoms with Gasteiger partial charge in [0.2, 0.25) is 0 Å². The van der Waals surface area contributed by atoms with Crippen LogP contribution in [0.2, 0.25) is 0 Å². The van der Waals surface area contributed by atoms with Crippen molar-refractivity contribution in [3.05, 3.63) is 77.4 Å². The Labute approximate surface area is 128 Å². The Morgan fingerprint density at radius 3 is 2.00 bits per heavy atom. The topological polar surface area (TPSA) is 12.0 Å². The van der Waals surface area contributed by atoms with Gasteiger partial charge in [0.1, 0.15) is 0 Å². The summed E-state index contributed by atoms with van der Waals surface area (Å²) in [4.78, 5) is 0. The highest BCUT2D eigenvalue weighted by Crippen LogP contribution is 2.18. The zero-order chi connectivity index (χ0) is 15.2. The van der Waals surface area contributed by atoms with Crippen LogP contribution < -0.4 is 5.32 Å². The average molecular weight is 279 g/mol. The summed E-state index contributed by atoms with van der Waals surface area (Å²) >= 11 is 0. The summed E-state index contributed by atoms with van der Waals surface area (Å²) in [7, 11) is 0. The fraction of sp³-hybridized carbons (Fsp3) is 0.300. The highest BCUT2D eigenvalue weighted by Gasteiger charge is 2.12. The van der Waals surface area contributed by atoms with Crippen LogP contribution in [0.15, 0.2) is 60.7 Å². The summed E-state index contributed by atoms with van der Waals surface area (Å²) in [6.07, 6.45) is 1.97. The van der Waals surface area contributed by atoms with Gasteiger partial charge in [0.05, 0.1) is 6.04 Å². The number of benzene rings is 2. The third-order valence-corrected chi connectivity index (χ3v) is 3.90. The number of nitrogens with one attached hydrogen (secondary N) is 1. The normalized spacial score (nSPS) is 12.0. The maximum Gasteiger partial charge on any atom is 0.0511 e. The minimum Gasteiger partial charge on any atom is -0.378 e. The lowest BCUT2D eigenvalue weighted by Crippen LogP contribution is -2.24. The maximum absolute atomic E-state index is 4.24. The fourth-order valence-electron chi connectivity index (χ4n) is 2.35. The summed E-state index contributed by atoms with van der Waals surface area (Å²) in [5, 5.41) is 3.62. The van der Waals surface area contributed by atoms with Gasteiger partial charge < -0.3 is 5.32 Å². The molecule has 2 aromatic carbocycles. The fourth-order valence-corrected chi connectivity index (χ4v) is 2.35. The molecule has 110 valence electrons. The molecule has 0 saturated carbocycles. The predicted molar refractivity (Wildman–Crippen MR) is 92.9 cm³/mol. The second kappa shape index (κ2) is 7.12. The van der Waals surface area contributed by atoms with E-state index in [1.165, 1.54) is 22.3 Å². The van der Waals surface area contributed by atoms with Crippen molar-refractivity contribution in [1.82, 2.24) is 0 Å². The minimum absolute atomic E-state index is 0.278. The van der Waals surface area contributed by atoms with Gasteiger partial charge in [0.15, 0.2) is 0 Å². The lowest BCUT2D eigenvalue weighted by atomic mass is 9.97. The summed E-state index contributed by atoms with van der Waals surface area (Å²) < 4.78 is 0. The molecule has 0 bridgehead atoms. The third-order valence-electron chi connectivity index (χ3n) is 3.90. The first-order valence-electron chi connectivity index (χ1n) is 7.65. The number of aryl methyl sites for hydroxylation is 2. The Bertz CT molecular complexity index is 531. The molecule has 21 heavy (non-hydrogen) atoms. The molecule has 1 unspecified atom stereocenters. The molecule has 0 aliphatic carbocycles. The summed E-state index contributed by atoms with van der Waals surface area (Å²) in [5.41, 5.74) is 6.34. The van der Waals surface area contributed by atoms with Crippen LogP contribution in [0.25, 0.3) is 0 Å². The molecule has 2 aromatic rings. The molecular weight excluding hydrogens is 254 g/mol. The molecule has 0 aliphatic rings. The Balaban J connectivity index is 2.12. The first-order valence-corrected chi connectivity index (χ1v) is 7.65. The molecule has 1 atom stereocenters. The largest absolute Gasteiger partial charge is 0.378 e. The molecule has 2 rings (SSSR count). The van der Waals surface area contributed by atoms with E-state index >= 15 is 0 Å². The van der Waals surface area contributed by atoms with E-state index in [-0.39, 0.29) is 6.04 Å². The van der Waals surface area contributed by atoms with Gasteiger partial charge in [-0.1, -0.05) is 66.6 Å². The van der Waals surface area contributed by atoms with Crippen LogP contribution in [0.5, 0.6) is 0 Å². The first kappa shape index (κ1) is 15.4. The van der Waals surface area contributed by atoms with Gasteiger partial charge in [-0.2, -0.15) is 0 Å². The zero-order valence-corrected chi connectivity index (χ0v) is 13.3. The molecule has 0 aromatic heterocycles. The molecule has 0 amide bonds. The van der Waals surface area contributed by atoms with Gasteiger partial charge in [-0.05, 0) is 44.4 Å². The van der Waals surface area contributed by atoms with Gasteiger partial charge in [-0.25, -0.2) is 0 Å². The maximum atomic E-state index is 4.24. The standard InChI is InChI=1S/C20H25N/c1-5-17(4)20(14-18-10-6-15(2)7-11-18)21-19-12-8-16(3)9-13-19/h6-13,20-21H,4-5,14H2,1-3H3. The van der Waals surface area contributed by atoms with Gasteiger partial charge in [0.25, 0.3) is 0 Å². The summed E-state index contributed by atoms with van der Waals surface area (Å²) in [5.74, 6) is 0. The van der Waals surface area contributed by atoms with E-state index in [4.69, 9.17) is 0 Å². The van der Waals surface area contributed by atoms with E-state index in [0.29, 0.717) is 0 Å². The molecule has 0 fully saturated rings. The van der Waals surface area contributed by atoms with Gasteiger partial charge in [0, 0.05) is 5.69 Å². The monoisotopic (exact) mass is 279 g/mol. The Kier molecular flexibility index (Phi) is 5.21. The van der Waals surface area contributed by atoms with Crippen molar-refractivity contribution in [3.8, 4) is 0 Å². The quantitative estimate of drug-likeness (QED) is 0.708. The number of rotatable bonds is 6. The van der Waals surface area contributed by atoms with E-state index in [0.717, 1.165) is 18.5 Å². The highest BCUT2D eigenvalue weighted by atomic mass is 14.9. The number of hydrogen-bond donors (Lipinski definition) is 1. The van der Waals surface area contributed by atoms with Gasteiger partial charge in [-0.3, -0.25) is 0 Å². The second-order valence-electron chi connectivity index (χ2n) is 5.76. The van der Waals surface area contributed by atoms with E-state index in [2.05, 4.69) is 81.2 Å². The predicted octanol–water partition coefficient (Wildman–Crippen LogP) is 5.29. The lowest BCUT2D eigenvalue weighted by Gasteiger charge is -2.22. The van der Waals surface area contributed by atoms with Crippen molar-refractivity contribution in [2.45, 2.75) is 39.7 Å². The van der Waals surface area contributed by atoms with Gasteiger partial charge >= 0.3 is 0 Å². The van der Waals surface area contributed by atoms with Crippen LogP contribution in [-0.2, 0) is 6.42 Å². The molecule has 1 N–H and O–H groups in total. The number of anilines is 1. The molecule has 1 heteroatoms. The lowest BCUT2D eigenvalue weighted by molar-refractivity contribution is 0.783. The van der Waals surface area contributed by atoms with Crippen molar-refractivity contribution in [2.75, 3.05) is 5.32 Å². The van der Waals surface area contributed by atoms with Crippen molar-refractivity contribution in [2.24, 2.45) is 0 Å². The van der Waals surface area contributed by atoms with Crippen molar-refractivity contribution in [3.63, 3.8) is 0 Å². The molecule has 0 aliphatic heterocycles. The number of hydrogen-bond acceptors (Lipinski definition) is 1.